The van der Waals surface area contributed by atoms with Gasteiger partial charge < -0.3 is 10.1 Å². The van der Waals surface area contributed by atoms with Crippen LogP contribution in [0.15, 0.2) is 12.1 Å². The van der Waals surface area contributed by atoms with Crippen molar-refractivity contribution in [2.24, 2.45) is 11.8 Å². The van der Waals surface area contributed by atoms with Gasteiger partial charge in [-0.15, -0.1) is 0 Å². The van der Waals surface area contributed by atoms with Gasteiger partial charge >= 0.3 is 0 Å². The molecular weight excluding hydrogens is 282 g/mol. The molecule has 1 atom stereocenters. The maximum atomic E-state index is 6.30. The lowest BCUT2D eigenvalue weighted by Crippen LogP contribution is -2.29. The number of ether oxygens (including phenoxy) is 1. The van der Waals surface area contributed by atoms with Crippen LogP contribution in [-0.2, 0) is 12.8 Å². The van der Waals surface area contributed by atoms with Gasteiger partial charge in [-0.25, -0.2) is 0 Å². The average Bonchev–Trinajstić information content (AvgIpc) is 3.13. The predicted molar refractivity (Wildman–Crippen MR) is 88.3 cm³/mol. The molecule has 1 aliphatic carbocycles. The molecule has 1 saturated carbocycles. The zero-order valence-corrected chi connectivity index (χ0v) is 13.7. The van der Waals surface area contributed by atoms with Gasteiger partial charge in [-0.2, -0.15) is 0 Å². The third-order valence-corrected chi connectivity index (χ3v) is 5.25. The van der Waals surface area contributed by atoms with Crippen LogP contribution in [0.3, 0.4) is 0 Å². The van der Waals surface area contributed by atoms with Crippen molar-refractivity contribution in [3.8, 4) is 5.75 Å². The minimum Gasteiger partial charge on any atom is -0.493 e. The molecule has 1 heterocycles. The molecule has 1 unspecified atom stereocenters. The summed E-state index contributed by atoms with van der Waals surface area (Å²) in [5, 5.41) is 4.42. The molecule has 1 aliphatic heterocycles. The van der Waals surface area contributed by atoms with Gasteiger partial charge in [-0.3, -0.25) is 0 Å². The first-order valence-corrected chi connectivity index (χ1v) is 8.80. The Balaban J connectivity index is 1.78. The van der Waals surface area contributed by atoms with Crippen molar-refractivity contribution >= 4 is 11.6 Å². The van der Waals surface area contributed by atoms with E-state index in [1.165, 1.54) is 36.8 Å². The Morgan fingerprint density at radius 3 is 2.90 bits per heavy atom. The summed E-state index contributed by atoms with van der Waals surface area (Å²) in [4.78, 5) is 0. The van der Waals surface area contributed by atoms with Crippen molar-refractivity contribution in [1.82, 2.24) is 5.32 Å². The van der Waals surface area contributed by atoms with E-state index in [2.05, 4.69) is 24.4 Å². The Hall–Kier alpha value is -0.730. The minimum atomic E-state index is 0.708. The standard InChI is InChI=1S/C18H26ClNO/c1-2-20-12-16(13-5-3-4-6-13)9-15-11-17(19)10-14-7-8-21-18(14)15/h10-11,13,16,20H,2-9,12H2,1H3. The second-order valence-corrected chi connectivity index (χ2v) is 6.90. The first-order chi connectivity index (χ1) is 10.3. The lowest BCUT2D eigenvalue weighted by molar-refractivity contribution is 0.313. The highest BCUT2D eigenvalue weighted by atomic mass is 35.5. The van der Waals surface area contributed by atoms with E-state index in [1.54, 1.807) is 0 Å². The number of nitrogens with one attached hydrogen (secondary N) is 1. The lowest BCUT2D eigenvalue weighted by Gasteiger charge is -2.24. The van der Waals surface area contributed by atoms with Crippen molar-refractivity contribution in [1.29, 1.82) is 0 Å². The van der Waals surface area contributed by atoms with Crippen LogP contribution in [-0.4, -0.2) is 19.7 Å². The van der Waals surface area contributed by atoms with Crippen LogP contribution in [0.2, 0.25) is 5.02 Å². The molecule has 3 rings (SSSR count). The maximum Gasteiger partial charge on any atom is 0.125 e. The van der Waals surface area contributed by atoms with E-state index < -0.39 is 0 Å². The molecule has 0 radical (unpaired) electrons. The Morgan fingerprint density at radius 1 is 1.33 bits per heavy atom. The van der Waals surface area contributed by atoms with Gasteiger partial charge in [0, 0.05) is 11.4 Å². The third kappa shape index (κ3) is 3.54. The number of halogens is 1. The molecule has 21 heavy (non-hydrogen) atoms. The lowest BCUT2D eigenvalue weighted by atomic mass is 9.85. The minimum absolute atomic E-state index is 0.708. The van der Waals surface area contributed by atoms with Crippen LogP contribution in [0.5, 0.6) is 5.75 Å². The molecule has 0 bridgehead atoms. The van der Waals surface area contributed by atoms with Crippen LogP contribution in [0, 0.1) is 11.8 Å². The molecule has 3 heteroatoms. The summed E-state index contributed by atoms with van der Waals surface area (Å²) < 4.78 is 5.87. The summed E-state index contributed by atoms with van der Waals surface area (Å²) in [5.74, 6) is 2.69. The Kier molecular flexibility index (Phi) is 5.07. The van der Waals surface area contributed by atoms with Crippen molar-refractivity contribution in [3.05, 3.63) is 28.3 Å². The number of hydrogen-bond acceptors (Lipinski definition) is 2. The molecule has 1 N–H and O–H groups in total. The fraction of sp³-hybridized carbons (Fsp3) is 0.667. The quantitative estimate of drug-likeness (QED) is 0.849. The molecule has 0 aromatic heterocycles. The van der Waals surface area contributed by atoms with Crippen LogP contribution >= 0.6 is 11.6 Å². The Bertz CT molecular complexity index is 482. The molecule has 0 spiro atoms. The number of fused-ring (bicyclic) bond motifs is 1. The van der Waals surface area contributed by atoms with Crippen LogP contribution in [0.25, 0.3) is 0 Å². The van der Waals surface area contributed by atoms with Gasteiger partial charge in [0.2, 0.25) is 0 Å². The summed E-state index contributed by atoms with van der Waals surface area (Å²) in [6, 6.07) is 4.20. The fourth-order valence-electron chi connectivity index (χ4n) is 3.94. The topological polar surface area (TPSA) is 21.3 Å². The second kappa shape index (κ2) is 7.02. The molecule has 2 nitrogen and oxygen atoms in total. The largest absolute Gasteiger partial charge is 0.493 e. The van der Waals surface area contributed by atoms with Crippen molar-refractivity contribution in [2.45, 2.75) is 45.4 Å². The van der Waals surface area contributed by atoms with E-state index in [0.717, 1.165) is 49.2 Å². The van der Waals surface area contributed by atoms with Crippen molar-refractivity contribution in [3.63, 3.8) is 0 Å². The SMILES string of the molecule is CCNCC(Cc1cc(Cl)cc2c1OCC2)C1CCCC1. The Labute approximate surface area is 133 Å². The van der Waals surface area contributed by atoms with Crippen LogP contribution in [0.1, 0.15) is 43.7 Å². The molecular formula is C18H26ClNO. The second-order valence-electron chi connectivity index (χ2n) is 6.47. The highest BCUT2D eigenvalue weighted by Crippen LogP contribution is 2.38. The van der Waals surface area contributed by atoms with E-state index in [1.807, 2.05) is 0 Å². The first-order valence-electron chi connectivity index (χ1n) is 8.42. The zero-order chi connectivity index (χ0) is 14.7. The van der Waals surface area contributed by atoms with Gasteiger partial charge in [-0.05, 0) is 54.6 Å². The number of hydrogen-bond donors (Lipinski definition) is 1. The summed E-state index contributed by atoms with van der Waals surface area (Å²) in [5.41, 5.74) is 2.62. The van der Waals surface area contributed by atoms with E-state index in [9.17, 15) is 0 Å². The molecule has 1 aromatic carbocycles. The van der Waals surface area contributed by atoms with E-state index in [-0.39, 0.29) is 0 Å². The predicted octanol–water partition coefficient (Wildman–Crippen LogP) is 4.23. The zero-order valence-electron chi connectivity index (χ0n) is 13.0. The van der Waals surface area contributed by atoms with E-state index >= 15 is 0 Å². The highest BCUT2D eigenvalue weighted by molar-refractivity contribution is 6.30. The average molecular weight is 308 g/mol. The monoisotopic (exact) mass is 307 g/mol. The summed E-state index contributed by atoms with van der Waals surface area (Å²) in [6.45, 7) is 5.16. The molecule has 0 saturated heterocycles. The molecule has 2 aliphatic rings. The smallest absolute Gasteiger partial charge is 0.125 e. The van der Waals surface area contributed by atoms with Gasteiger partial charge in [0.1, 0.15) is 5.75 Å². The summed E-state index contributed by atoms with van der Waals surface area (Å²) >= 11 is 6.30. The normalized spacial score (nSPS) is 19.5. The third-order valence-electron chi connectivity index (χ3n) is 5.03. The van der Waals surface area contributed by atoms with Gasteiger partial charge in [0.05, 0.1) is 6.61 Å². The first kappa shape index (κ1) is 15.2. The molecule has 1 fully saturated rings. The van der Waals surface area contributed by atoms with Gasteiger partial charge in [0.15, 0.2) is 0 Å². The summed E-state index contributed by atoms with van der Waals surface area (Å²) in [6.07, 6.45) is 7.68. The van der Waals surface area contributed by atoms with Crippen molar-refractivity contribution < 1.29 is 4.74 Å². The van der Waals surface area contributed by atoms with Crippen LogP contribution in [0.4, 0.5) is 0 Å². The summed E-state index contributed by atoms with van der Waals surface area (Å²) in [7, 11) is 0. The highest BCUT2D eigenvalue weighted by Gasteiger charge is 2.27. The molecule has 1 aromatic rings. The number of benzene rings is 1. The van der Waals surface area contributed by atoms with Gasteiger partial charge in [-0.1, -0.05) is 44.2 Å². The van der Waals surface area contributed by atoms with Gasteiger partial charge in [0.25, 0.3) is 0 Å². The Morgan fingerprint density at radius 2 is 2.14 bits per heavy atom. The number of rotatable bonds is 6. The van der Waals surface area contributed by atoms with E-state index in [0.29, 0.717) is 5.92 Å². The molecule has 116 valence electrons. The van der Waals surface area contributed by atoms with Crippen molar-refractivity contribution in [2.75, 3.05) is 19.7 Å². The molecule has 0 amide bonds. The maximum absolute atomic E-state index is 6.30. The van der Waals surface area contributed by atoms with Crippen LogP contribution < -0.4 is 10.1 Å². The van der Waals surface area contributed by atoms with E-state index in [4.69, 9.17) is 16.3 Å². The fourth-order valence-corrected chi connectivity index (χ4v) is 4.21.